The van der Waals surface area contributed by atoms with Crippen molar-refractivity contribution in [2.75, 3.05) is 17.2 Å². The number of hydrogen-bond donors (Lipinski definition) is 2. The van der Waals surface area contributed by atoms with Gasteiger partial charge in [0.15, 0.2) is 0 Å². The zero-order chi connectivity index (χ0) is 16.8. The van der Waals surface area contributed by atoms with E-state index >= 15 is 0 Å². The number of hydrogen-bond acceptors (Lipinski definition) is 5. The van der Waals surface area contributed by atoms with Gasteiger partial charge in [-0.05, 0) is 32.8 Å². The summed E-state index contributed by atoms with van der Waals surface area (Å²) in [6, 6.07) is 1.79. The van der Waals surface area contributed by atoms with Crippen LogP contribution in [-0.4, -0.2) is 41.7 Å². The molecule has 3 rings (SSSR count). The molecule has 1 fully saturated rings. The van der Waals surface area contributed by atoms with E-state index in [2.05, 4.69) is 29.0 Å². The molecule has 2 N–H and O–H groups in total. The van der Waals surface area contributed by atoms with Gasteiger partial charge in [-0.15, -0.1) is 0 Å². The monoisotopic (exact) mass is 339 g/mol. The fourth-order valence-electron chi connectivity index (χ4n) is 3.38. The maximum absolute atomic E-state index is 12.0. The molecule has 0 bridgehead atoms. The molecule has 0 radical (unpaired) electrons. The van der Waals surface area contributed by atoms with Crippen LogP contribution in [0.1, 0.15) is 48.3 Å². The second-order valence-electron chi connectivity index (χ2n) is 6.74. The summed E-state index contributed by atoms with van der Waals surface area (Å²) in [4.78, 5) is 18.8. The second-order valence-corrected chi connectivity index (χ2v) is 8.31. The smallest absolute Gasteiger partial charge is 0.265 e. The number of pyridine rings is 1. The number of aryl methyl sites for hydroxylation is 1. The third kappa shape index (κ3) is 3.18. The van der Waals surface area contributed by atoms with Crippen LogP contribution in [0.15, 0.2) is 6.07 Å². The van der Waals surface area contributed by atoms with Crippen molar-refractivity contribution in [3.63, 3.8) is 0 Å². The largest absolute Gasteiger partial charge is 0.351 e. The zero-order valence-corrected chi connectivity index (χ0v) is 14.1. The number of amides is 1. The van der Waals surface area contributed by atoms with E-state index in [1.165, 1.54) is 0 Å². The molecule has 0 spiro atoms. The van der Waals surface area contributed by atoms with Crippen molar-refractivity contribution in [2.24, 2.45) is 0 Å². The average Bonchev–Trinajstić information content (AvgIpc) is 2.98. The van der Waals surface area contributed by atoms with Crippen molar-refractivity contribution in [1.82, 2.24) is 10.3 Å². The minimum absolute atomic E-state index is 0.0450. The number of nitrogens with zero attached hydrogens (tertiary/aromatic N) is 2. The third-order valence-corrected chi connectivity index (χ3v) is 5.36. The summed E-state index contributed by atoms with van der Waals surface area (Å²) in [5.74, 6) is 0.149. The third-order valence-electron chi connectivity index (χ3n) is 4.64. The Morgan fingerprint density at radius 1 is 1.43 bits per heavy atom. The number of anilines is 1. The molecule has 1 aromatic heterocycles. The topological polar surface area (TPSA) is 99.6 Å². The van der Waals surface area contributed by atoms with Crippen LogP contribution in [-0.2, 0) is 23.1 Å². The SMILES string of the molecule is CC1(C)CCCN1c1cc2c(c(CCS(=O)(=O)O)n1)CNC2=O. The first-order chi connectivity index (χ1) is 10.7. The summed E-state index contributed by atoms with van der Waals surface area (Å²) in [5, 5.41) is 2.75. The highest BCUT2D eigenvalue weighted by atomic mass is 32.2. The Morgan fingerprint density at radius 3 is 2.78 bits per heavy atom. The molecule has 0 aliphatic carbocycles. The lowest BCUT2D eigenvalue weighted by molar-refractivity contribution is 0.0965. The van der Waals surface area contributed by atoms with Crippen molar-refractivity contribution in [3.8, 4) is 0 Å². The summed E-state index contributed by atoms with van der Waals surface area (Å²) < 4.78 is 31.1. The van der Waals surface area contributed by atoms with E-state index in [1.54, 1.807) is 6.07 Å². The van der Waals surface area contributed by atoms with Gasteiger partial charge in [0.25, 0.3) is 16.0 Å². The van der Waals surface area contributed by atoms with Crippen LogP contribution in [0.25, 0.3) is 0 Å². The van der Waals surface area contributed by atoms with E-state index in [0.717, 1.165) is 24.9 Å². The highest BCUT2D eigenvalue weighted by Crippen LogP contribution is 2.34. The van der Waals surface area contributed by atoms with Crippen LogP contribution in [0.2, 0.25) is 0 Å². The molecule has 126 valence electrons. The fraction of sp³-hybridized carbons (Fsp3) is 0.600. The predicted molar refractivity (Wildman–Crippen MR) is 86.2 cm³/mol. The molecule has 0 atom stereocenters. The van der Waals surface area contributed by atoms with Crippen LogP contribution in [0.4, 0.5) is 5.82 Å². The number of carbonyl (C=O) groups excluding carboxylic acids is 1. The first-order valence-corrected chi connectivity index (χ1v) is 9.32. The lowest BCUT2D eigenvalue weighted by Gasteiger charge is -2.33. The van der Waals surface area contributed by atoms with E-state index < -0.39 is 15.9 Å². The predicted octanol–water partition coefficient (Wildman–Crippen LogP) is 1.13. The second kappa shape index (κ2) is 5.45. The standard InChI is InChI=1S/C15H21N3O4S/c1-15(2)5-3-6-18(15)13-8-10-11(9-16-14(10)19)12(17-13)4-7-23(20,21)22/h8H,3-7,9H2,1-2H3,(H,16,19)(H,20,21,22). The summed E-state index contributed by atoms with van der Waals surface area (Å²) in [6.07, 6.45) is 2.19. The Kier molecular flexibility index (Phi) is 3.84. The van der Waals surface area contributed by atoms with Crippen LogP contribution in [0.3, 0.4) is 0 Å². The lowest BCUT2D eigenvalue weighted by atomic mass is 10.0. The summed E-state index contributed by atoms with van der Waals surface area (Å²) in [5.41, 5.74) is 1.81. The van der Waals surface area contributed by atoms with Gasteiger partial charge in [-0.25, -0.2) is 4.98 Å². The molecule has 8 heteroatoms. The maximum atomic E-state index is 12.0. The van der Waals surface area contributed by atoms with Crippen LogP contribution in [0, 0.1) is 0 Å². The molecule has 1 amide bonds. The van der Waals surface area contributed by atoms with E-state index in [0.29, 0.717) is 23.6 Å². The average molecular weight is 339 g/mol. The minimum Gasteiger partial charge on any atom is -0.351 e. The number of fused-ring (bicyclic) bond motifs is 1. The van der Waals surface area contributed by atoms with Gasteiger partial charge < -0.3 is 10.2 Å². The number of rotatable bonds is 4. The lowest BCUT2D eigenvalue weighted by Crippen LogP contribution is -2.39. The fourth-order valence-corrected chi connectivity index (χ4v) is 3.83. The molecule has 1 aromatic rings. The first-order valence-electron chi connectivity index (χ1n) is 7.71. The summed E-state index contributed by atoms with van der Waals surface area (Å²) in [7, 11) is -4.07. The van der Waals surface area contributed by atoms with Crippen molar-refractivity contribution in [2.45, 2.75) is 45.2 Å². The highest BCUT2D eigenvalue weighted by molar-refractivity contribution is 7.85. The summed E-state index contributed by atoms with van der Waals surface area (Å²) >= 11 is 0. The van der Waals surface area contributed by atoms with Gasteiger partial charge in [0.1, 0.15) is 5.82 Å². The Hall–Kier alpha value is -1.67. The molecule has 2 aliphatic rings. The van der Waals surface area contributed by atoms with Gasteiger partial charge in [-0.1, -0.05) is 0 Å². The van der Waals surface area contributed by atoms with Crippen LogP contribution >= 0.6 is 0 Å². The number of carbonyl (C=O) groups is 1. The van der Waals surface area contributed by atoms with E-state index in [4.69, 9.17) is 4.55 Å². The molecule has 0 unspecified atom stereocenters. The quantitative estimate of drug-likeness (QED) is 0.798. The van der Waals surface area contributed by atoms with Crippen molar-refractivity contribution in [1.29, 1.82) is 0 Å². The molecular formula is C15H21N3O4S. The van der Waals surface area contributed by atoms with E-state index in [1.807, 2.05) is 0 Å². The van der Waals surface area contributed by atoms with Crippen molar-refractivity contribution >= 4 is 21.8 Å². The molecule has 3 heterocycles. The molecule has 23 heavy (non-hydrogen) atoms. The van der Waals surface area contributed by atoms with Gasteiger partial charge in [-0.2, -0.15) is 8.42 Å². The molecule has 1 saturated heterocycles. The number of nitrogens with one attached hydrogen (secondary N) is 1. The van der Waals surface area contributed by atoms with Crippen molar-refractivity contribution < 1.29 is 17.8 Å². The van der Waals surface area contributed by atoms with E-state index in [9.17, 15) is 13.2 Å². The van der Waals surface area contributed by atoms with Gasteiger partial charge in [0, 0.05) is 41.9 Å². The Labute approximate surface area is 135 Å². The molecule has 7 nitrogen and oxygen atoms in total. The summed E-state index contributed by atoms with van der Waals surface area (Å²) in [6.45, 7) is 5.48. The molecule has 2 aliphatic heterocycles. The maximum Gasteiger partial charge on any atom is 0.265 e. The van der Waals surface area contributed by atoms with Crippen molar-refractivity contribution in [3.05, 3.63) is 22.9 Å². The number of aromatic nitrogens is 1. The van der Waals surface area contributed by atoms with E-state index in [-0.39, 0.29) is 17.9 Å². The highest BCUT2D eigenvalue weighted by Gasteiger charge is 2.34. The normalized spacial score (nSPS) is 19.8. The van der Waals surface area contributed by atoms with Crippen LogP contribution < -0.4 is 10.2 Å². The molecule has 0 saturated carbocycles. The Balaban J connectivity index is 2.02. The molecule has 0 aromatic carbocycles. The van der Waals surface area contributed by atoms with Gasteiger partial charge in [0.2, 0.25) is 0 Å². The first kappa shape index (κ1) is 16.2. The Bertz CT molecular complexity index is 758. The minimum atomic E-state index is -4.07. The van der Waals surface area contributed by atoms with Gasteiger partial charge >= 0.3 is 0 Å². The Morgan fingerprint density at radius 2 is 2.17 bits per heavy atom. The molecular weight excluding hydrogens is 318 g/mol. The van der Waals surface area contributed by atoms with Gasteiger partial charge in [-0.3, -0.25) is 9.35 Å². The van der Waals surface area contributed by atoms with Crippen LogP contribution in [0.5, 0.6) is 0 Å². The zero-order valence-electron chi connectivity index (χ0n) is 13.3. The van der Waals surface area contributed by atoms with Gasteiger partial charge in [0.05, 0.1) is 5.75 Å².